The standard InChI is InChI=1S/C25H30N8O3.C17H18BrN5O.C15H25BN2O4/c1-7-35-24(34)25(5,6)33-26-13-19(30-33)17-8-9-18-21(12-17)36-11-10-31-14-20(28-22(18)31)23-27-16(4)29-32(23)15(2)3;1-10(2)23-17(19-11(3)21-23)14-9-22-6-7-24-15-8-12(18)4-5-13(15)16(22)20-14;1-8-20-12(19)13(2,3)18-10-11(9-17-18)16-21-14(4,5)15(6,7)22-16/h8-9,12-15H,7,10-11H2,1-6H3;4-5,8-10H,6-7H2,1-3H3;9-10H,8H2,1-7H3. The molecule has 11 rings (SSSR count). The Morgan fingerprint density at radius 3 is 1.66 bits per heavy atom. The van der Waals surface area contributed by atoms with Gasteiger partial charge in [0.1, 0.15) is 65.1 Å². The van der Waals surface area contributed by atoms with Crippen LogP contribution < -0.4 is 14.9 Å². The minimum atomic E-state index is -1.02. The zero-order valence-electron chi connectivity index (χ0n) is 49.7. The predicted octanol–water partition coefficient (Wildman–Crippen LogP) is 8.98. The van der Waals surface area contributed by atoms with Crippen LogP contribution in [0.15, 0.2) is 71.9 Å². The number of esters is 2. The molecule has 3 aliphatic rings. The van der Waals surface area contributed by atoms with E-state index in [-0.39, 0.29) is 24.0 Å². The van der Waals surface area contributed by atoms with Gasteiger partial charge in [-0.15, -0.1) is 0 Å². The highest BCUT2D eigenvalue weighted by Gasteiger charge is 2.52. The molecule has 0 saturated carbocycles. The van der Waals surface area contributed by atoms with Crippen LogP contribution >= 0.6 is 15.9 Å². The molecule has 8 aromatic rings. The third-order valence-corrected chi connectivity index (χ3v) is 15.1. The third kappa shape index (κ3) is 11.8. The smallest absolute Gasteiger partial charge is 0.491 e. The first-order chi connectivity index (χ1) is 38.7. The second-order valence-electron chi connectivity index (χ2n) is 22.8. The van der Waals surface area contributed by atoms with Crippen molar-refractivity contribution >= 4 is 40.4 Å². The molecular formula is C57H73BBrN15O8. The fourth-order valence-corrected chi connectivity index (χ4v) is 9.58. The van der Waals surface area contributed by atoms with Gasteiger partial charge in [-0.2, -0.15) is 30.3 Å². The van der Waals surface area contributed by atoms with Crippen molar-refractivity contribution in [2.75, 3.05) is 26.4 Å². The Hall–Kier alpha value is -7.51. The van der Waals surface area contributed by atoms with Gasteiger partial charge in [0, 0.05) is 52.4 Å². The highest BCUT2D eigenvalue weighted by molar-refractivity contribution is 9.10. The van der Waals surface area contributed by atoms with E-state index in [1.807, 2.05) is 99.7 Å². The maximum absolute atomic E-state index is 12.4. The quantitative estimate of drug-likeness (QED) is 0.0819. The first-order valence-corrected chi connectivity index (χ1v) is 28.4. The molecule has 0 radical (unpaired) electrons. The number of carbonyl (C=O) groups excluding carboxylic acids is 2. The van der Waals surface area contributed by atoms with E-state index in [0.717, 1.165) is 85.3 Å². The molecule has 0 N–H and O–H groups in total. The number of nitrogens with zero attached hydrogens (tertiary/aromatic N) is 15. The van der Waals surface area contributed by atoms with Gasteiger partial charge in [0.25, 0.3) is 0 Å². The fourth-order valence-electron chi connectivity index (χ4n) is 9.24. The van der Waals surface area contributed by atoms with Crippen molar-refractivity contribution in [3.05, 3.63) is 83.5 Å². The van der Waals surface area contributed by atoms with E-state index in [1.54, 1.807) is 64.8 Å². The predicted molar refractivity (Wildman–Crippen MR) is 311 cm³/mol. The van der Waals surface area contributed by atoms with Crippen LogP contribution in [0, 0.1) is 13.8 Å². The highest BCUT2D eigenvalue weighted by atomic mass is 79.9. The van der Waals surface area contributed by atoms with Crippen LogP contribution in [-0.2, 0) is 52.5 Å². The van der Waals surface area contributed by atoms with Crippen molar-refractivity contribution in [1.29, 1.82) is 0 Å². The van der Waals surface area contributed by atoms with Gasteiger partial charge in [0.2, 0.25) is 0 Å². The van der Waals surface area contributed by atoms with E-state index in [0.29, 0.717) is 44.4 Å². The number of halogens is 1. The molecule has 0 atom stereocenters. The summed E-state index contributed by atoms with van der Waals surface area (Å²) in [4.78, 5) is 44.8. The second kappa shape index (κ2) is 23.0. The average molecular weight is 1190 g/mol. The Morgan fingerprint density at radius 2 is 1.15 bits per heavy atom. The monoisotopic (exact) mass is 1190 g/mol. The third-order valence-electron chi connectivity index (χ3n) is 14.6. The van der Waals surface area contributed by atoms with Gasteiger partial charge in [-0.05, 0) is 141 Å². The maximum Gasteiger partial charge on any atom is 0.498 e. The summed E-state index contributed by atoms with van der Waals surface area (Å²) >= 11 is 3.50. The van der Waals surface area contributed by atoms with E-state index in [2.05, 4.69) is 88.2 Å². The number of fused-ring (bicyclic) bond motifs is 6. The summed E-state index contributed by atoms with van der Waals surface area (Å²) in [6.45, 7) is 33.9. The summed E-state index contributed by atoms with van der Waals surface area (Å²) < 4.78 is 44.8. The molecule has 0 bridgehead atoms. The van der Waals surface area contributed by atoms with Crippen molar-refractivity contribution in [2.24, 2.45) is 0 Å². The molecule has 25 heteroatoms. The van der Waals surface area contributed by atoms with Crippen LogP contribution in [0.4, 0.5) is 0 Å². The van der Waals surface area contributed by atoms with Crippen LogP contribution in [0.2, 0.25) is 0 Å². The number of ether oxygens (including phenoxy) is 4. The molecule has 2 aromatic carbocycles. The second-order valence-corrected chi connectivity index (χ2v) is 23.7. The van der Waals surface area contributed by atoms with Crippen molar-refractivity contribution < 1.29 is 37.8 Å². The van der Waals surface area contributed by atoms with Gasteiger partial charge in [-0.1, -0.05) is 22.0 Å². The van der Waals surface area contributed by atoms with Gasteiger partial charge >= 0.3 is 19.1 Å². The number of hydrogen-bond acceptors (Lipinski definition) is 17. The highest BCUT2D eigenvalue weighted by Crippen LogP contribution is 2.39. The molecule has 1 fully saturated rings. The Kier molecular flexibility index (Phi) is 16.6. The fraction of sp³-hybridized carbons (Fsp3) is 0.491. The largest absolute Gasteiger partial charge is 0.498 e. The van der Waals surface area contributed by atoms with Crippen LogP contribution in [0.5, 0.6) is 11.5 Å². The zero-order chi connectivity index (χ0) is 59.2. The molecule has 434 valence electrons. The molecule has 1 saturated heterocycles. The summed E-state index contributed by atoms with van der Waals surface area (Å²) in [5.74, 6) is 5.61. The van der Waals surface area contributed by atoms with Crippen molar-refractivity contribution in [2.45, 2.75) is 158 Å². The normalized spacial score (nSPS) is 15.1. The first kappa shape index (κ1) is 59.1. The number of aromatic nitrogens is 15. The van der Waals surface area contributed by atoms with Gasteiger partial charge in [-0.25, -0.2) is 38.9 Å². The summed E-state index contributed by atoms with van der Waals surface area (Å²) in [5, 5.41) is 22.2. The number of carbonyl (C=O) groups is 2. The van der Waals surface area contributed by atoms with E-state index in [4.69, 9.17) is 38.2 Å². The lowest BCUT2D eigenvalue weighted by Gasteiger charge is -2.32. The minimum Gasteiger partial charge on any atom is -0.491 e. The van der Waals surface area contributed by atoms with Gasteiger partial charge < -0.3 is 37.4 Å². The van der Waals surface area contributed by atoms with Gasteiger partial charge in [0.15, 0.2) is 22.7 Å². The van der Waals surface area contributed by atoms with Crippen molar-refractivity contribution in [1.82, 2.24) is 73.4 Å². The summed E-state index contributed by atoms with van der Waals surface area (Å²) in [6.07, 6.45) is 9.13. The van der Waals surface area contributed by atoms with Gasteiger partial charge in [0.05, 0.1) is 54.8 Å². The molecule has 0 amide bonds. The molecule has 23 nitrogen and oxygen atoms in total. The van der Waals surface area contributed by atoms with Gasteiger partial charge in [-0.3, -0.25) is 4.68 Å². The van der Waals surface area contributed by atoms with Crippen LogP contribution in [0.3, 0.4) is 0 Å². The topological polar surface area (TPSA) is 235 Å². The van der Waals surface area contributed by atoms with E-state index < -0.39 is 29.4 Å². The molecule has 0 aliphatic carbocycles. The van der Waals surface area contributed by atoms with E-state index in [9.17, 15) is 9.59 Å². The van der Waals surface area contributed by atoms with Crippen LogP contribution in [-0.4, -0.2) is 130 Å². The maximum atomic E-state index is 12.4. The molecule has 3 aliphatic heterocycles. The lowest BCUT2D eigenvalue weighted by molar-refractivity contribution is -0.153. The Labute approximate surface area is 486 Å². The lowest BCUT2D eigenvalue weighted by Crippen LogP contribution is -2.41. The molecule has 6 aromatic heterocycles. The molecular weight excluding hydrogens is 1110 g/mol. The number of imidazole rings is 2. The number of rotatable bonds is 12. The number of hydrogen-bond donors (Lipinski definition) is 0. The van der Waals surface area contributed by atoms with Crippen molar-refractivity contribution in [3.8, 4) is 68.6 Å². The minimum absolute atomic E-state index is 0.170. The molecule has 82 heavy (non-hydrogen) atoms. The summed E-state index contributed by atoms with van der Waals surface area (Å²) in [5.41, 5.74) is 3.04. The Balaban J connectivity index is 0.000000155. The molecule has 0 unspecified atom stereocenters. The van der Waals surface area contributed by atoms with Crippen LogP contribution in [0.1, 0.15) is 121 Å². The average Bonchev–Trinajstić information content (AvgIpc) is 3.27. The summed E-state index contributed by atoms with van der Waals surface area (Å²) in [7, 11) is -0.489. The Bertz CT molecular complexity index is 3600. The lowest BCUT2D eigenvalue weighted by atomic mass is 9.82. The SMILES string of the molecule is CCOC(=O)C(C)(C)n1cc(B2OC(C)(C)C(C)(C)O2)cn1.CCOC(=O)C(C)(C)n1ncc(-c2ccc3c(c2)OCCn2cc(-c4nc(C)nn4C(C)C)nc2-3)n1.Cc1nc(-c2cn3c(n2)-c2ccc(Br)cc2OCC3)n(C(C)C)n1. The summed E-state index contributed by atoms with van der Waals surface area (Å²) in [6, 6.07) is 12.3. The molecule has 9 heterocycles. The van der Waals surface area contributed by atoms with E-state index >= 15 is 0 Å². The Morgan fingerprint density at radius 1 is 0.646 bits per heavy atom. The number of benzene rings is 2. The zero-order valence-corrected chi connectivity index (χ0v) is 51.3. The van der Waals surface area contributed by atoms with Crippen LogP contribution in [0.25, 0.3) is 57.1 Å². The van der Waals surface area contributed by atoms with Crippen molar-refractivity contribution in [3.63, 3.8) is 0 Å². The number of aryl methyl sites for hydroxylation is 2. The molecule has 0 spiro atoms. The van der Waals surface area contributed by atoms with E-state index in [1.165, 1.54) is 4.80 Å². The first-order valence-electron chi connectivity index (χ1n) is 27.6.